The first kappa shape index (κ1) is 16.7. The molecule has 0 saturated carbocycles. The monoisotopic (exact) mass is 299 g/mol. The summed E-state index contributed by atoms with van der Waals surface area (Å²) < 4.78 is 23.3. The number of hydrogen-bond donors (Lipinski definition) is 2. The number of para-hydroxylation sites is 1. The highest BCUT2D eigenvalue weighted by Gasteiger charge is 2.17. The Morgan fingerprint density at radius 1 is 1.30 bits per heavy atom. The number of rotatable bonds is 7. The standard InChI is InChI=1S/C14H21NO4S/c1-11(2)12-6-3-4-7-13(12)15-14(17)10-20(18,19)9-5-8-16/h3-4,6-7,11,16H,5,8-10H2,1-2H3,(H,15,17). The van der Waals surface area contributed by atoms with E-state index in [4.69, 9.17) is 5.11 Å². The van der Waals surface area contributed by atoms with Gasteiger partial charge in [-0.2, -0.15) is 0 Å². The zero-order chi connectivity index (χ0) is 15.2. The molecule has 2 N–H and O–H groups in total. The van der Waals surface area contributed by atoms with Gasteiger partial charge in [0.1, 0.15) is 5.75 Å². The molecule has 1 amide bonds. The topological polar surface area (TPSA) is 83.5 Å². The van der Waals surface area contributed by atoms with E-state index in [-0.39, 0.29) is 24.7 Å². The van der Waals surface area contributed by atoms with Crippen LogP contribution < -0.4 is 5.32 Å². The van der Waals surface area contributed by atoms with Gasteiger partial charge in [-0.15, -0.1) is 0 Å². The minimum absolute atomic E-state index is 0.151. The van der Waals surface area contributed by atoms with Crippen LogP contribution in [0.25, 0.3) is 0 Å². The number of sulfone groups is 1. The number of carbonyl (C=O) groups is 1. The Bertz CT molecular complexity index is 552. The second kappa shape index (κ2) is 7.40. The fraction of sp³-hybridized carbons (Fsp3) is 0.500. The number of anilines is 1. The highest BCUT2D eigenvalue weighted by atomic mass is 32.2. The third-order valence-corrected chi connectivity index (χ3v) is 4.43. The minimum Gasteiger partial charge on any atom is -0.396 e. The quantitative estimate of drug-likeness (QED) is 0.800. The van der Waals surface area contributed by atoms with Crippen LogP contribution in [-0.2, 0) is 14.6 Å². The maximum absolute atomic E-state index is 11.8. The molecule has 0 aliphatic heterocycles. The van der Waals surface area contributed by atoms with Gasteiger partial charge in [0, 0.05) is 12.3 Å². The van der Waals surface area contributed by atoms with Crippen LogP contribution in [0.3, 0.4) is 0 Å². The van der Waals surface area contributed by atoms with E-state index in [0.29, 0.717) is 5.69 Å². The van der Waals surface area contributed by atoms with Crippen LogP contribution in [0.2, 0.25) is 0 Å². The van der Waals surface area contributed by atoms with Crippen molar-refractivity contribution in [3.63, 3.8) is 0 Å². The second-order valence-electron chi connectivity index (χ2n) is 4.96. The molecule has 0 atom stereocenters. The summed E-state index contributed by atoms with van der Waals surface area (Å²) in [5.41, 5.74) is 1.61. The Hall–Kier alpha value is -1.40. The van der Waals surface area contributed by atoms with Crippen molar-refractivity contribution in [1.82, 2.24) is 0 Å². The molecule has 0 unspecified atom stereocenters. The predicted octanol–water partition coefficient (Wildman–Crippen LogP) is 1.55. The maximum atomic E-state index is 11.8. The first-order valence-electron chi connectivity index (χ1n) is 6.56. The molecule has 0 fully saturated rings. The van der Waals surface area contributed by atoms with Gasteiger partial charge >= 0.3 is 0 Å². The lowest BCUT2D eigenvalue weighted by atomic mass is 10.0. The molecule has 0 heterocycles. The number of benzene rings is 1. The zero-order valence-electron chi connectivity index (χ0n) is 11.8. The van der Waals surface area contributed by atoms with Gasteiger partial charge in [0.2, 0.25) is 5.91 Å². The normalized spacial score (nSPS) is 11.6. The van der Waals surface area contributed by atoms with Crippen molar-refractivity contribution in [1.29, 1.82) is 0 Å². The second-order valence-corrected chi connectivity index (χ2v) is 7.14. The summed E-state index contributed by atoms with van der Waals surface area (Å²) in [7, 11) is -3.47. The third kappa shape index (κ3) is 5.30. The number of nitrogens with one attached hydrogen (secondary N) is 1. The van der Waals surface area contributed by atoms with Gasteiger partial charge in [0.15, 0.2) is 9.84 Å². The molecule has 1 rings (SSSR count). The lowest BCUT2D eigenvalue weighted by Crippen LogP contribution is -2.25. The van der Waals surface area contributed by atoms with Gasteiger partial charge in [0.05, 0.1) is 5.75 Å². The molecule has 0 aliphatic rings. The minimum atomic E-state index is -3.47. The third-order valence-electron chi connectivity index (χ3n) is 2.82. The van der Waals surface area contributed by atoms with Crippen molar-refractivity contribution in [3.05, 3.63) is 29.8 Å². The molecular weight excluding hydrogens is 278 g/mol. The van der Waals surface area contributed by atoms with E-state index in [0.717, 1.165) is 5.56 Å². The van der Waals surface area contributed by atoms with Crippen molar-refractivity contribution < 1.29 is 18.3 Å². The number of aliphatic hydroxyl groups is 1. The van der Waals surface area contributed by atoms with Gasteiger partial charge in [-0.3, -0.25) is 4.79 Å². The van der Waals surface area contributed by atoms with E-state index in [9.17, 15) is 13.2 Å². The molecule has 5 nitrogen and oxygen atoms in total. The summed E-state index contributed by atoms with van der Waals surface area (Å²) in [6, 6.07) is 7.33. The van der Waals surface area contributed by atoms with Crippen molar-refractivity contribution in [3.8, 4) is 0 Å². The molecule has 0 saturated heterocycles. The maximum Gasteiger partial charge on any atom is 0.239 e. The molecular formula is C14H21NO4S. The molecule has 6 heteroatoms. The van der Waals surface area contributed by atoms with Crippen LogP contribution in [0.5, 0.6) is 0 Å². The van der Waals surface area contributed by atoms with Crippen LogP contribution in [0, 0.1) is 0 Å². The van der Waals surface area contributed by atoms with Crippen LogP contribution in [0.15, 0.2) is 24.3 Å². The smallest absolute Gasteiger partial charge is 0.239 e. The molecule has 1 aromatic carbocycles. The van der Waals surface area contributed by atoms with Crippen LogP contribution >= 0.6 is 0 Å². The first-order valence-corrected chi connectivity index (χ1v) is 8.38. The lowest BCUT2D eigenvalue weighted by Gasteiger charge is -2.13. The summed E-state index contributed by atoms with van der Waals surface area (Å²) >= 11 is 0. The van der Waals surface area contributed by atoms with Gasteiger partial charge in [-0.1, -0.05) is 32.0 Å². The van der Waals surface area contributed by atoms with Crippen molar-refractivity contribution >= 4 is 21.4 Å². The predicted molar refractivity (Wildman–Crippen MR) is 79.5 cm³/mol. The van der Waals surface area contributed by atoms with Gasteiger partial charge in [-0.25, -0.2) is 8.42 Å². The summed E-state index contributed by atoms with van der Waals surface area (Å²) in [6.07, 6.45) is 0.151. The zero-order valence-corrected chi connectivity index (χ0v) is 12.6. The van der Waals surface area contributed by atoms with Crippen LogP contribution in [0.4, 0.5) is 5.69 Å². The van der Waals surface area contributed by atoms with E-state index in [2.05, 4.69) is 5.32 Å². The number of aliphatic hydroxyl groups excluding tert-OH is 1. The van der Waals surface area contributed by atoms with E-state index in [1.165, 1.54) is 0 Å². The average molecular weight is 299 g/mol. The van der Waals surface area contributed by atoms with Crippen molar-refractivity contribution in [2.75, 3.05) is 23.4 Å². The summed E-state index contributed by atoms with van der Waals surface area (Å²) in [6.45, 7) is 3.81. The highest BCUT2D eigenvalue weighted by Crippen LogP contribution is 2.23. The number of carbonyl (C=O) groups excluding carboxylic acids is 1. The Morgan fingerprint density at radius 3 is 2.55 bits per heavy atom. The largest absolute Gasteiger partial charge is 0.396 e. The van der Waals surface area contributed by atoms with E-state index in [1.807, 2.05) is 26.0 Å². The van der Waals surface area contributed by atoms with Gasteiger partial charge in [-0.05, 0) is 24.0 Å². The van der Waals surface area contributed by atoms with E-state index >= 15 is 0 Å². The Balaban J connectivity index is 2.72. The van der Waals surface area contributed by atoms with Crippen LogP contribution in [0.1, 0.15) is 31.7 Å². The molecule has 0 radical (unpaired) electrons. The van der Waals surface area contributed by atoms with Crippen LogP contribution in [-0.4, -0.2) is 37.5 Å². The molecule has 1 aromatic rings. The fourth-order valence-electron chi connectivity index (χ4n) is 1.86. The molecule has 112 valence electrons. The molecule has 0 aliphatic carbocycles. The molecule has 0 spiro atoms. The Morgan fingerprint density at radius 2 is 1.95 bits per heavy atom. The molecule has 0 bridgehead atoms. The SMILES string of the molecule is CC(C)c1ccccc1NC(=O)CS(=O)(=O)CCCO. The molecule has 20 heavy (non-hydrogen) atoms. The molecule has 0 aromatic heterocycles. The van der Waals surface area contributed by atoms with Crippen molar-refractivity contribution in [2.24, 2.45) is 0 Å². The highest BCUT2D eigenvalue weighted by molar-refractivity contribution is 7.92. The van der Waals surface area contributed by atoms with Crippen molar-refractivity contribution in [2.45, 2.75) is 26.2 Å². The average Bonchev–Trinajstić information content (AvgIpc) is 2.36. The fourth-order valence-corrected chi connectivity index (χ4v) is 3.04. The lowest BCUT2D eigenvalue weighted by molar-refractivity contribution is -0.113. The Kier molecular flexibility index (Phi) is 6.16. The number of hydrogen-bond acceptors (Lipinski definition) is 4. The van der Waals surface area contributed by atoms with Gasteiger partial charge < -0.3 is 10.4 Å². The van der Waals surface area contributed by atoms with E-state index in [1.54, 1.807) is 12.1 Å². The van der Waals surface area contributed by atoms with E-state index < -0.39 is 21.5 Å². The summed E-state index contributed by atoms with van der Waals surface area (Å²) in [4.78, 5) is 11.8. The van der Waals surface area contributed by atoms with Gasteiger partial charge in [0.25, 0.3) is 0 Å². The Labute approximate surface area is 119 Å². The summed E-state index contributed by atoms with van der Waals surface area (Å²) in [5.74, 6) is -1.05. The number of amides is 1. The summed E-state index contributed by atoms with van der Waals surface area (Å²) in [5, 5.41) is 11.3. The first-order chi connectivity index (χ1) is 9.35.